The third-order valence-corrected chi connectivity index (χ3v) is 3.00. The van der Waals surface area contributed by atoms with Crippen molar-refractivity contribution in [1.82, 2.24) is 4.98 Å². The average Bonchev–Trinajstić information content (AvgIpc) is 2.39. The lowest BCUT2D eigenvalue weighted by Crippen LogP contribution is -2.25. The van der Waals surface area contributed by atoms with Gasteiger partial charge in [-0.05, 0) is 39.0 Å². The molecule has 1 aromatic heterocycles. The fourth-order valence-corrected chi connectivity index (χ4v) is 2.03. The van der Waals surface area contributed by atoms with Crippen LogP contribution in [0.5, 0.6) is 5.75 Å². The molecule has 2 rings (SSSR count). The van der Waals surface area contributed by atoms with Gasteiger partial charge < -0.3 is 9.84 Å². The van der Waals surface area contributed by atoms with Gasteiger partial charge in [0.2, 0.25) is 0 Å². The molecule has 0 spiro atoms. The Bertz CT molecular complexity index is 579. The van der Waals surface area contributed by atoms with Crippen molar-refractivity contribution in [3.05, 3.63) is 59.7 Å². The summed E-state index contributed by atoms with van der Waals surface area (Å²) in [5.41, 5.74) is -0.370. The molecule has 1 heterocycles. The van der Waals surface area contributed by atoms with E-state index in [0.717, 1.165) is 6.20 Å². The van der Waals surface area contributed by atoms with Gasteiger partial charge in [0, 0.05) is 5.56 Å². The van der Waals surface area contributed by atoms with E-state index in [2.05, 4.69) is 4.98 Å². The van der Waals surface area contributed by atoms with Crippen molar-refractivity contribution in [2.75, 3.05) is 0 Å². The Labute approximate surface area is 118 Å². The van der Waals surface area contributed by atoms with Crippen LogP contribution in [0.15, 0.2) is 42.6 Å². The minimum Gasteiger partial charge on any atom is -0.491 e. The van der Waals surface area contributed by atoms with Gasteiger partial charge in [-0.15, -0.1) is 0 Å². The number of ether oxygens (including phenoxy) is 1. The van der Waals surface area contributed by atoms with Gasteiger partial charge in [-0.2, -0.15) is 0 Å². The van der Waals surface area contributed by atoms with Crippen LogP contribution in [0.4, 0.5) is 4.39 Å². The van der Waals surface area contributed by atoms with Crippen molar-refractivity contribution in [1.29, 1.82) is 0 Å². The van der Waals surface area contributed by atoms with E-state index in [1.165, 1.54) is 12.1 Å². The van der Waals surface area contributed by atoms with Crippen LogP contribution >= 0.6 is 0 Å². The number of hydrogen-bond acceptors (Lipinski definition) is 3. The lowest BCUT2D eigenvalue weighted by molar-refractivity contribution is 0.0911. The summed E-state index contributed by atoms with van der Waals surface area (Å²) in [5.74, 6) is 0.162. The molecule has 20 heavy (non-hydrogen) atoms. The molecule has 0 aliphatic heterocycles. The van der Waals surface area contributed by atoms with Gasteiger partial charge in [0.05, 0.1) is 18.0 Å². The van der Waals surface area contributed by atoms with Crippen LogP contribution in [0, 0.1) is 5.82 Å². The molecular weight excluding hydrogens is 257 g/mol. The summed E-state index contributed by atoms with van der Waals surface area (Å²) in [5, 5.41) is 10.8. The van der Waals surface area contributed by atoms with Gasteiger partial charge in [0.15, 0.2) is 0 Å². The zero-order chi connectivity index (χ0) is 14.8. The highest BCUT2D eigenvalue weighted by Crippen LogP contribution is 2.34. The molecule has 2 aromatic rings. The van der Waals surface area contributed by atoms with Crippen LogP contribution < -0.4 is 4.74 Å². The molecule has 0 aliphatic carbocycles. The monoisotopic (exact) mass is 275 g/mol. The Kier molecular flexibility index (Phi) is 4.04. The number of benzene rings is 1. The highest BCUT2D eigenvalue weighted by Gasteiger charge is 2.30. The van der Waals surface area contributed by atoms with E-state index >= 15 is 0 Å². The highest BCUT2D eigenvalue weighted by molar-refractivity contribution is 5.42. The van der Waals surface area contributed by atoms with Crippen LogP contribution in [-0.2, 0) is 5.60 Å². The second kappa shape index (κ2) is 5.59. The van der Waals surface area contributed by atoms with Crippen molar-refractivity contribution in [2.45, 2.75) is 32.5 Å². The minimum atomic E-state index is -1.35. The normalized spacial score (nSPS) is 14.1. The van der Waals surface area contributed by atoms with Crippen molar-refractivity contribution in [3.8, 4) is 5.75 Å². The Balaban J connectivity index is 2.45. The maximum atomic E-state index is 13.0. The summed E-state index contributed by atoms with van der Waals surface area (Å²) in [6.07, 6.45) is 1.09. The van der Waals surface area contributed by atoms with Gasteiger partial charge in [-0.1, -0.05) is 18.2 Å². The van der Waals surface area contributed by atoms with Crippen molar-refractivity contribution < 1.29 is 14.2 Å². The molecule has 4 heteroatoms. The molecule has 0 amide bonds. The first-order chi connectivity index (χ1) is 9.41. The molecule has 0 saturated carbocycles. The van der Waals surface area contributed by atoms with E-state index in [4.69, 9.17) is 4.74 Å². The van der Waals surface area contributed by atoms with Gasteiger partial charge in [0.1, 0.15) is 17.2 Å². The molecule has 1 unspecified atom stereocenters. The van der Waals surface area contributed by atoms with E-state index in [1.54, 1.807) is 19.1 Å². The molecule has 0 saturated heterocycles. The number of para-hydroxylation sites is 1. The van der Waals surface area contributed by atoms with Gasteiger partial charge in [-0.3, -0.25) is 4.98 Å². The topological polar surface area (TPSA) is 42.4 Å². The van der Waals surface area contributed by atoms with E-state index in [-0.39, 0.29) is 6.10 Å². The highest BCUT2D eigenvalue weighted by atomic mass is 19.1. The Morgan fingerprint density at radius 3 is 2.50 bits per heavy atom. The summed E-state index contributed by atoms with van der Waals surface area (Å²) in [6.45, 7) is 5.46. The van der Waals surface area contributed by atoms with Crippen LogP contribution in [0.3, 0.4) is 0 Å². The van der Waals surface area contributed by atoms with Crippen molar-refractivity contribution in [3.63, 3.8) is 0 Å². The summed E-state index contributed by atoms with van der Waals surface area (Å²) in [7, 11) is 0. The molecule has 1 atom stereocenters. The first-order valence-electron chi connectivity index (χ1n) is 6.52. The molecule has 106 valence electrons. The van der Waals surface area contributed by atoms with Crippen LogP contribution in [0.25, 0.3) is 0 Å². The fraction of sp³-hybridized carbons (Fsp3) is 0.312. The van der Waals surface area contributed by atoms with E-state index < -0.39 is 11.4 Å². The Hall–Kier alpha value is -1.94. The lowest BCUT2D eigenvalue weighted by atomic mass is 9.91. The molecule has 1 N–H and O–H groups in total. The van der Waals surface area contributed by atoms with Crippen LogP contribution in [0.2, 0.25) is 0 Å². The predicted molar refractivity (Wildman–Crippen MR) is 75.1 cm³/mol. The number of hydrogen-bond donors (Lipinski definition) is 1. The molecular formula is C16H18FNO2. The van der Waals surface area contributed by atoms with E-state index in [9.17, 15) is 9.50 Å². The van der Waals surface area contributed by atoms with E-state index in [0.29, 0.717) is 17.0 Å². The predicted octanol–water partition coefficient (Wildman–Crippen LogP) is 3.26. The van der Waals surface area contributed by atoms with Gasteiger partial charge in [-0.25, -0.2) is 4.39 Å². The second-order valence-electron chi connectivity index (χ2n) is 5.10. The second-order valence-corrected chi connectivity index (χ2v) is 5.10. The third kappa shape index (κ3) is 2.96. The fourth-order valence-electron chi connectivity index (χ4n) is 2.03. The number of rotatable bonds is 4. The summed E-state index contributed by atoms with van der Waals surface area (Å²) >= 11 is 0. The molecule has 0 fully saturated rings. The lowest BCUT2D eigenvalue weighted by Gasteiger charge is -2.26. The average molecular weight is 275 g/mol. The Morgan fingerprint density at radius 1 is 1.20 bits per heavy atom. The van der Waals surface area contributed by atoms with Gasteiger partial charge >= 0.3 is 0 Å². The number of pyridine rings is 1. The zero-order valence-corrected chi connectivity index (χ0v) is 11.8. The van der Waals surface area contributed by atoms with Crippen molar-refractivity contribution >= 4 is 0 Å². The first kappa shape index (κ1) is 14.5. The quantitative estimate of drug-likeness (QED) is 0.931. The molecule has 3 nitrogen and oxygen atoms in total. The molecule has 1 aromatic carbocycles. The maximum absolute atomic E-state index is 13.0. The van der Waals surface area contributed by atoms with Crippen LogP contribution in [-0.4, -0.2) is 16.2 Å². The molecule has 0 bridgehead atoms. The zero-order valence-electron chi connectivity index (χ0n) is 11.8. The Morgan fingerprint density at radius 2 is 1.90 bits per heavy atom. The summed E-state index contributed by atoms with van der Waals surface area (Å²) in [6, 6.07) is 10.00. The molecule has 0 aliphatic rings. The standard InChI is InChI=1S/C16H18FNO2/c1-11(2)20-14-7-5-4-6-13(14)16(3,19)15-9-8-12(17)10-18-15/h4-11,19H,1-3H3. The number of halogens is 1. The summed E-state index contributed by atoms with van der Waals surface area (Å²) in [4.78, 5) is 3.97. The largest absolute Gasteiger partial charge is 0.491 e. The number of nitrogens with zero attached hydrogens (tertiary/aromatic N) is 1. The minimum absolute atomic E-state index is 0.00636. The SMILES string of the molecule is CC(C)Oc1ccccc1C(C)(O)c1ccc(F)cn1. The van der Waals surface area contributed by atoms with Gasteiger partial charge in [0.25, 0.3) is 0 Å². The van der Waals surface area contributed by atoms with Crippen LogP contribution in [0.1, 0.15) is 32.0 Å². The van der Waals surface area contributed by atoms with Crippen molar-refractivity contribution in [2.24, 2.45) is 0 Å². The number of aromatic nitrogens is 1. The smallest absolute Gasteiger partial charge is 0.141 e. The van der Waals surface area contributed by atoms with E-state index in [1.807, 2.05) is 26.0 Å². The summed E-state index contributed by atoms with van der Waals surface area (Å²) < 4.78 is 18.7. The third-order valence-electron chi connectivity index (χ3n) is 3.00. The maximum Gasteiger partial charge on any atom is 0.141 e. The molecule has 0 radical (unpaired) electrons. The first-order valence-corrected chi connectivity index (χ1v) is 6.52. The number of aliphatic hydroxyl groups is 1.